The largest absolute Gasteiger partial charge is 0.496 e. The van der Waals surface area contributed by atoms with E-state index < -0.39 is 0 Å². The van der Waals surface area contributed by atoms with Gasteiger partial charge >= 0.3 is 0 Å². The van der Waals surface area contributed by atoms with Crippen molar-refractivity contribution >= 4 is 0 Å². The Morgan fingerprint density at radius 3 is 2.65 bits per heavy atom. The number of benzene rings is 1. The molecule has 1 saturated carbocycles. The van der Waals surface area contributed by atoms with E-state index in [1.165, 1.54) is 12.0 Å². The third kappa shape index (κ3) is 2.61. The predicted octanol–water partition coefficient (Wildman–Crippen LogP) is 2.12. The zero-order chi connectivity index (χ0) is 12.5. The van der Waals surface area contributed by atoms with Gasteiger partial charge in [0.05, 0.1) is 7.11 Å². The molecule has 3 N–H and O–H groups in total. The molecule has 2 unspecified atom stereocenters. The second kappa shape index (κ2) is 4.67. The molecule has 0 heterocycles. The van der Waals surface area contributed by atoms with E-state index in [1.807, 2.05) is 18.2 Å². The van der Waals surface area contributed by atoms with Crippen LogP contribution in [0, 0.1) is 11.3 Å². The van der Waals surface area contributed by atoms with Crippen LogP contribution in [0.4, 0.5) is 0 Å². The van der Waals surface area contributed by atoms with E-state index in [4.69, 9.17) is 10.6 Å². The Kier molecular flexibility index (Phi) is 3.40. The van der Waals surface area contributed by atoms with Gasteiger partial charge in [-0.1, -0.05) is 32.0 Å². The van der Waals surface area contributed by atoms with Crippen LogP contribution in [0.3, 0.4) is 0 Å². The molecule has 0 bridgehead atoms. The number of methoxy groups -OCH3 is 1. The molecular weight excluding hydrogens is 212 g/mol. The number of nitrogens with one attached hydrogen (secondary N) is 1. The summed E-state index contributed by atoms with van der Waals surface area (Å²) >= 11 is 0. The van der Waals surface area contributed by atoms with Crippen molar-refractivity contribution in [3.05, 3.63) is 29.8 Å². The van der Waals surface area contributed by atoms with Crippen LogP contribution in [-0.4, -0.2) is 13.2 Å². The molecule has 17 heavy (non-hydrogen) atoms. The van der Waals surface area contributed by atoms with E-state index >= 15 is 0 Å². The lowest BCUT2D eigenvalue weighted by atomic mass is 9.97. The fourth-order valence-electron chi connectivity index (χ4n) is 2.62. The molecular formula is C14H22N2O. The van der Waals surface area contributed by atoms with E-state index in [0.29, 0.717) is 17.4 Å². The minimum absolute atomic E-state index is 0.335. The van der Waals surface area contributed by atoms with E-state index in [0.717, 1.165) is 12.2 Å². The first-order valence-corrected chi connectivity index (χ1v) is 6.16. The highest BCUT2D eigenvalue weighted by molar-refractivity contribution is 5.34. The first kappa shape index (κ1) is 12.4. The van der Waals surface area contributed by atoms with Gasteiger partial charge in [0.15, 0.2) is 0 Å². The Morgan fingerprint density at radius 2 is 2.12 bits per heavy atom. The molecule has 2 atom stereocenters. The summed E-state index contributed by atoms with van der Waals surface area (Å²) in [5.41, 5.74) is 4.62. The Hall–Kier alpha value is -1.06. The average Bonchev–Trinajstić information content (AvgIpc) is 2.95. The second-order valence-electron chi connectivity index (χ2n) is 5.59. The van der Waals surface area contributed by atoms with Crippen molar-refractivity contribution in [1.29, 1.82) is 0 Å². The van der Waals surface area contributed by atoms with Crippen molar-refractivity contribution in [1.82, 2.24) is 5.43 Å². The molecule has 94 valence electrons. The van der Waals surface area contributed by atoms with Crippen molar-refractivity contribution in [2.75, 3.05) is 7.11 Å². The summed E-state index contributed by atoms with van der Waals surface area (Å²) in [7, 11) is 1.71. The number of hydrogen-bond donors (Lipinski definition) is 2. The highest BCUT2D eigenvalue weighted by Crippen LogP contribution is 2.54. The summed E-state index contributed by atoms with van der Waals surface area (Å²) in [5, 5.41) is 0. The molecule has 0 saturated heterocycles. The summed E-state index contributed by atoms with van der Waals surface area (Å²) in [5.74, 6) is 7.30. The third-order valence-electron chi connectivity index (χ3n) is 3.92. The summed E-state index contributed by atoms with van der Waals surface area (Å²) < 4.78 is 5.37. The fraction of sp³-hybridized carbons (Fsp3) is 0.571. The molecule has 1 aromatic rings. The topological polar surface area (TPSA) is 47.3 Å². The van der Waals surface area contributed by atoms with Crippen LogP contribution in [0.25, 0.3) is 0 Å². The predicted molar refractivity (Wildman–Crippen MR) is 69.7 cm³/mol. The number of para-hydroxylation sites is 1. The monoisotopic (exact) mass is 234 g/mol. The molecule has 1 fully saturated rings. The SMILES string of the molecule is COc1ccccc1CC(NN)C1CC1(C)C. The molecule has 1 aromatic carbocycles. The van der Waals surface area contributed by atoms with Crippen molar-refractivity contribution in [3.63, 3.8) is 0 Å². The third-order valence-corrected chi connectivity index (χ3v) is 3.92. The van der Waals surface area contributed by atoms with Crippen molar-refractivity contribution in [2.45, 2.75) is 32.7 Å². The molecule has 3 heteroatoms. The van der Waals surface area contributed by atoms with Crippen molar-refractivity contribution < 1.29 is 4.74 Å². The minimum Gasteiger partial charge on any atom is -0.496 e. The Morgan fingerprint density at radius 1 is 1.47 bits per heavy atom. The van der Waals surface area contributed by atoms with Gasteiger partial charge in [0, 0.05) is 6.04 Å². The number of hydrogen-bond acceptors (Lipinski definition) is 3. The molecule has 0 radical (unpaired) electrons. The molecule has 0 aromatic heterocycles. The van der Waals surface area contributed by atoms with Gasteiger partial charge < -0.3 is 4.74 Å². The van der Waals surface area contributed by atoms with Gasteiger partial charge in [-0.15, -0.1) is 0 Å². The molecule has 0 amide bonds. The fourth-order valence-corrected chi connectivity index (χ4v) is 2.62. The van der Waals surface area contributed by atoms with E-state index in [9.17, 15) is 0 Å². The van der Waals surface area contributed by atoms with Gasteiger partial charge in [-0.25, -0.2) is 0 Å². The quantitative estimate of drug-likeness (QED) is 0.606. The highest BCUT2D eigenvalue weighted by atomic mass is 16.5. The number of rotatable bonds is 5. The maximum absolute atomic E-state index is 5.68. The summed E-state index contributed by atoms with van der Waals surface area (Å²) in [6.45, 7) is 4.59. The lowest BCUT2D eigenvalue weighted by Gasteiger charge is -2.19. The summed E-state index contributed by atoms with van der Waals surface area (Å²) in [6, 6.07) is 8.48. The number of hydrazine groups is 1. The van der Waals surface area contributed by atoms with Gasteiger partial charge in [0.2, 0.25) is 0 Å². The van der Waals surface area contributed by atoms with Crippen LogP contribution < -0.4 is 16.0 Å². The van der Waals surface area contributed by atoms with E-state index in [-0.39, 0.29) is 0 Å². The Balaban J connectivity index is 2.08. The minimum atomic E-state index is 0.335. The van der Waals surface area contributed by atoms with Crippen molar-refractivity contribution in [2.24, 2.45) is 17.2 Å². The highest BCUT2D eigenvalue weighted by Gasteiger charge is 2.49. The van der Waals surface area contributed by atoms with Gasteiger partial charge in [-0.2, -0.15) is 0 Å². The van der Waals surface area contributed by atoms with Crippen LogP contribution in [0.1, 0.15) is 25.8 Å². The van der Waals surface area contributed by atoms with E-state index in [2.05, 4.69) is 25.3 Å². The first-order chi connectivity index (χ1) is 8.08. The zero-order valence-corrected chi connectivity index (χ0v) is 10.9. The summed E-state index contributed by atoms with van der Waals surface area (Å²) in [6.07, 6.45) is 2.17. The Bertz CT molecular complexity index is 390. The Labute approximate surface area is 103 Å². The zero-order valence-electron chi connectivity index (χ0n) is 10.9. The van der Waals surface area contributed by atoms with Gasteiger partial charge in [0.1, 0.15) is 5.75 Å². The molecule has 0 spiro atoms. The van der Waals surface area contributed by atoms with E-state index in [1.54, 1.807) is 7.11 Å². The standard InChI is InChI=1S/C14H22N2O/c1-14(2)9-11(14)12(16-15)8-10-6-4-5-7-13(10)17-3/h4-7,11-12,16H,8-9,15H2,1-3H3. The average molecular weight is 234 g/mol. The normalized spacial score (nSPS) is 23.2. The molecule has 2 rings (SSSR count). The molecule has 0 aliphatic heterocycles. The smallest absolute Gasteiger partial charge is 0.122 e. The van der Waals surface area contributed by atoms with Gasteiger partial charge in [-0.05, 0) is 35.8 Å². The molecule has 3 nitrogen and oxygen atoms in total. The molecule has 1 aliphatic rings. The first-order valence-electron chi connectivity index (χ1n) is 6.16. The number of ether oxygens (including phenoxy) is 1. The number of nitrogens with two attached hydrogens (primary N) is 1. The van der Waals surface area contributed by atoms with Crippen LogP contribution in [0.15, 0.2) is 24.3 Å². The second-order valence-corrected chi connectivity index (χ2v) is 5.59. The van der Waals surface area contributed by atoms with Crippen LogP contribution in [0.2, 0.25) is 0 Å². The maximum Gasteiger partial charge on any atom is 0.122 e. The maximum atomic E-state index is 5.68. The lowest BCUT2D eigenvalue weighted by molar-refractivity contribution is 0.386. The lowest BCUT2D eigenvalue weighted by Crippen LogP contribution is -2.39. The summed E-state index contributed by atoms with van der Waals surface area (Å²) in [4.78, 5) is 0. The van der Waals surface area contributed by atoms with Gasteiger partial charge in [-0.3, -0.25) is 11.3 Å². The van der Waals surface area contributed by atoms with Crippen molar-refractivity contribution in [3.8, 4) is 5.75 Å². The van der Waals surface area contributed by atoms with Crippen LogP contribution in [-0.2, 0) is 6.42 Å². The van der Waals surface area contributed by atoms with Crippen LogP contribution >= 0.6 is 0 Å². The van der Waals surface area contributed by atoms with Gasteiger partial charge in [0.25, 0.3) is 0 Å². The van der Waals surface area contributed by atoms with Crippen LogP contribution in [0.5, 0.6) is 5.75 Å². The molecule has 1 aliphatic carbocycles.